The minimum Gasteiger partial charge on any atom is -0.390 e. The van der Waals surface area contributed by atoms with Gasteiger partial charge in [-0.15, -0.1) is 0 Å². The van der Waals surface area contributed by atoms with E-state index >= 15 is 0 Å². The first-order valence-electron chi connectivity index (χ1n) is 3.83. The quantitative estimate of drug-likeness (QED) is 0.407. The monoisotopic (exact) mass is 145 g/mol. The SMILES string of the molecule is N[C@@H]1CCCC[C@H](O)[C@H]1O. The molecule has 0 spiro atoms. The van der Waals surface area contributed by atoms with Crippen LogP contribution in [0.2, 0.25) is 0 Å². The van der Waals surface area contributed by atoms with Gasteiger partial charge in [0.05, 0.1) is 12.2 Å². The van der Waals surface area contributed by atoms with E-state index < -0.39 is 12.2 Å². The molecule has 3 heteroatoms. The first kappa shape index (κ1) is 7.98. The van der Waals surface area contributed by atoms with Gasteiger partial charge < -0.3 is 15.9 Å². The lowest BCUT2D eigenvalue weighted by Gasteiger charge is -2.19. The van der Waals surface area contributed by atoms with Crippen molar-refractivity contribution < 1.29 is 10.2 Å². The van der Waals surface area contributed by atoms with E-state index in [2.05, 4.69) is 0 Å². The molecule has 4 N–H and O–H groups in total. The molecule has 1 saturated carbocycles. The Morgan fingerprint density at radius 1 is 1.10 bits per heavy atom. The fourth-order valence-electron chi connectivity index (χ4n) is 1.36. The summed E-state index contributed by atoms with van der Waals surface area (Å²) in [6.07, 6.45) is 2.22. The van der Waals surface area contributed by atoms with Crippen LogP contribution in [0.4, 0.5) is 0 Å². The Morgan fingerprint density at radius 2 is 1.70 bits per heavy atom. The summed E-state index contributed by atoms with van der Waals surface area (Å²) in [7, 11) is 0. The summed E-state index contributed by atoms with van der Waals surface area (Å²) in [6, 6.07) is -0.225. The molecule has 10 heavy (non-hydrogen) atoms. The van der Waals surface area contributed by atoms with Crippen LogP contribution in [-0.2, 0) is 0 Å². The number of aliphatic hydroxyl groups is 2. The fourth-order valence-corrected chi connectivity index (χ4v) is 1.36. The summed E-state index contributed by atoms with van der Waals surface area (Å²) >= 11 is 0. The predicted molar refractivity (Wildman–Crippen MR) is 38.5 cm³/mol. The van der Waals surface area contributed by atoms with Crippen molar-refractivity contribution in [3.8, 4) is 0 Å². The zero-order valence-corrected chi connectivity index (χ0v) is 6.03. The normalized spacial score (nSPS) is 42.9. The summed E-state index contributed by atoms with van der Waals surface area (Å²) in [5.74, 6) is 0. The van der Waals surface area contributed by atoms with Crippen LogP contribution in [-0.4, -0.2) is 28.5 Å². The van der Waals surface area contributed by atoms with Crippen LogP contribution in [0.1, 0.15) is 25.7 Å². The zero-order valence-electron chi connectivity index (χ0n) is 6.03. The highest BCUT2D eigenvalue weighted by Crippen LogP contribution is 2.16. The van der Waals surface area contributed by atoms with Crippen molar-refractivity contribution in [2.24, 2.45) is 5.73 Å². The van der Waals surface area contributed by atoms with Gasteiger partial charge in [-0.2, -0.15) is 0 Å². The number of nitrogens with two attached hydrogens (primary N) is 1. The molecule has 1 rings (SSSR count). The van der Waals surface area contributed by atoms with E-state index in [0.29, 0.717) is 6.42 Å². The lowest BCUT2D eigenvalue weighted by atomic mass is 10.1. The molecule has 0 amide bonds. The second-order valence-corrected chi connectivity index (χ2v) is 3.01. The van der Waals surface area contributed by atoms with E-state index in [0.717, 1.165) is 19.3 Å². The summed E-state index contributed by atoms with van der Waals surface area (Å²) in [5.41, 5.74) is 5.56. The molecule has 0 saturated heterocycles. The van der Waals surface area contributed by atoms with Gasteiger partial charge in [-0.25, -0.2) is 0 Å². The van der Waals surface area contributed by atoms with Crippen molar-refractivity contribution in [1.82, 2.24) is 0 Å². The smallest absolute Gasteiger partial charge is 0.0949 e. The van der Waals surface area contributed by atoms with E-state index in [-0.39, 0.29) is 6.04 Å². The molecule has 0 heterocycles. The van der Waals surface area contributed by atoms with Crippen molar-refractivity contribution >= 4 is 0 Å². The van der Waals surface area contributed by atoms with Crippen molar-refractivity contribution in [3.05, 3.63) is 0 Å². The Labute approximate surface area is 60.9 Å². The average Bonchev–Trinajstić information content (AvgIpc) is 2.04. The fraction of sp³-hybridized carbons (Fsp3) is 1.00. The Bertz CT molecular complexity index is 95.8. The second kappa shape index (κ2) is 3.32. The Hall–Kier alpha value is -0.120. The lowest BCUT2D eigenvalue weighted by Crippen LogP contribution is -2.41. The summed E-state index contributed by atoms with van der Waals surface area (Å²) in [4.78, 5) is 0. The van der Waals surface area contributed by atoms with Gasteiger partial charge in [0.1, 0.15) is 0 Å². The Morgan fingerprint density at radius 3 is 2.40 bits per heavy atom. The number of hydrogen-bond acceptors (Lipinski definition) is 3. The van der Waals surface area contributed by atoms with Crippen LogP contribution in [0.3, 0.4) is 0 Å². The molecule has 3 atom stereocenters. The number of aliphatic hydroxyl groups excluding tert-OH is 2. The molecule has 0 radical (unpaired) electrons. The molecule has 0 aliphatic heterocycles. The van der Waals surface area contributed by atoms with Gasteiger partial charge in [0, 0.05) is 6.04 Å². The van der Waals surface area contributed by atoms with Gasteiger partial charge in [0.25, 0.3) is 0 Å². The number of rotatable bonds is 0. The topological polar surface area (TPSA) is 66.5 Å². The third-order valence-electron chi connectivity index (χ3n) is 2.12. The minimum atomic E-state index is -0.706. The van der Waals surface area contributed by atoms with E-state index in [1.807, 2.05) is 0 Å². The third-order valence-corrected chi connectivity index (χ3v) is 2.12. The number of hydrogen-bond donors (Lipinski definition) is 3. The van der Waals surface area contributed by atoms with Crippen molar-refractivity contribution in [2.45, 2.75) is 43.9 Å². The molecule has 1 aliphatic carbocycles. The van der Waals surface area contributed by atoms with E-state index in [9.17, 15) is 10.2 Å². The molecule has 0 aromatic carbocycles. The van der Waals surface area contributed by atoms with Crippen molar-refractivity contribution in [3.63, 3.8) is 0 Å². The molecule has 0 aromatic rings. The maximum Gasteiger partial charge on any atom is 0.0949 e. The lowest BCUT2D eigenvalue weighted by molar-refractivity contribution is 0.00575. The van der Waals surface area contributed by atoms with E-state index in [1.165, 1.54) is 0 Å². The molecule has 0 aromatic heterocycles. The maximum absolute atomic E-state index is 9.25. The van der Waals surface area contributed by atoms with Crippen LogP contribution in [0.25, 0.3) is 0 Å². The minimum absolute atomic E-state index is 0.225. The Kier molecular flexibility index (Phi) is 2.65. The molecular weight excluding hydrogens is 130 g/mol. The first-order valence-corrected chi connectivity index (χ1v) is 3.83. The summed E-state index contributed by atoms with van der Waals surface area (Å²) in [6.45, 7) is 0. The van der Waals surface area contributed by atoms with Crippen LogP contribution in [0.5, 0.6) is 0 Å². The highest BCUT2D eigenvalue weighted by Gasteiger charge is 2.25. The molecular formula is C7H15NO2. The maximum atomic E-state index is 9.25. The van der Waals surface area contributed by atoms with Gasteiger partial charge >= 0.3 is 0 Å². The van der Waals surface area contributed by atoms with Gasteiger partial charge in [-0.1, -0.05) is 12.8 Å². The van der Waals surface area contributed by atoms with Gasteiger partial charge in [-0.05, 0) is 12.8 Å². The van der Waals surface area contributed by atoms with Crippen LogP contribution in [0.15, 0.2) is 0 Å². The first-order chi connectivity index (χ1) is 4.72. The molecule has 1 fully saturated rings. The van der Waals surface area contributed by atoms with Gasteiger partial charge in [0.15, 0.2) is 0 Å². The summed E-state index contributed by atoms with van der Waals surface area (Å²) in [5, 5.41) is 18.4. The van der Waals surface area contributed by atoms with Gasteiger partial charge in [0.2, 0.25) is 0 Å². The van der Waals surface area contributed by atoms with Crippen molar-refractivity contribution in [1.29, 1.82) is 0 Å². The van der Waals surface area contributed by atoms with Crippen molar-refractivity contribution in [2.75, 3.05) is 0 Å². The highest BCUT2D eigenvalue weighted by atomic mass is 16.3. The second-order valence-electron chi connectivity index (χ2n) is 3.01. The molecule has 0 unspecified atom stereocenters. The van der Waals surface area contributed by atoms with Crippen LogP contribution < -0.4 is 5.73 Å². The summed E-state index contributed by atoms with van der Waals surface area (Å²) < 4.78 is 0. The standard InChI is InChI=1S/C7H15NO2/c8-5-3-1-2-4-6(9)7(5)10/h5-7,9-10H,1-4,8H2/t5-,6+,7+/m1/s1. The van der Waals surface area contributed by atoms with Crippen LogP contribution in [0, 0.1) is 0 Å². The molecule has 3 nitrogen and oxygen atoms in total. The zero-order chi connectivity index (χ0) is 7.56. The Balaban J connectivity index is 2.46. The predicted octanol–water partition coefficient (Wildman–Crippen LogP) is -0.391. The third kappa shape index (κ3) is 1.68. The molecule has 60 valence electrons. The highest BCUT2D eigenvalue weighted by molar-refractivity contribution is 4.81. The van der Waals surface area contributed by atoms with E-state index in [4.69, 9.17) is 5.73 Å². The largest absolute Gasteiger partial charge is 0.390 e. The average molecular weight is 145 g/mol. The van der Waals surface area contributed by atoms with E-state index in [1.54, 1.807) is 0 Å². The molecule has 0 bridgehead atoms. The van der Waals surface area contributed by atoms with Crippen LogP contribution >= 0.6 is 0 Å². The molecule has 1 aliphatic rings. The van der Waals surface area contributed by atoms with Gasteiger partial charge in [-0.3, -0.25) is 0 Å².